The number of aryl methyl sites for hydroxylation is 2. The van der Waals surface area contributed by atoms with Crippen LogP contribution >= 0.6 is 0 Å². The highest BCUT2D eigenvalue weighted by Gasteiger charge is 2.14. The van der Waals surface area contributed by atoms with Crippen LogP contribution in [0.1, 0.15) is 35.3 Å². The molecule has 25 heavy (non-hydrogen) atoms. The number of rotatable bonds is 7. The number of pyridine rings is 1. The van der Waals surface area contributed by atoms with E-state index in [0.29, 0.717) is 30.2 Å². The SMILES string of the molecule is CCCn1cc(C(=O)NCCc2nc(-c3cccnc3)no2)c(C)n1. The van der Waals surface area contributed by atoms with E-state index in [4.69, 9.17) is 4.52 Å². The van der Waals surface area contributed by atoms with Crippen molar-refractivity contribution in [1.82, 2.24) is 30.2 Å². The quantitative estimate of drug-likeness (QED) is 0.706. The molecule has 0 bridgehead atoms. The summed E-state index contributed by atoms with van der Waals surface area (Å²) < 4.78 is 7.00. The van der Waals surface area contributed by atoms with Crippen LogP contribution in [0.15, 0.2) is 35.2 Å². The lowest BCUT2D eigenvalue weighted by atomic mass is 10.2. The van der Waals surface area contributed by atoms with Crippen molar-refractivity contribution >= 4 is 5.91 Å². The van der Waals surface area contributed by atoms with Gasteiger partial charge in [0.05, 0.1) is 11.3 Å². The Kier molecular flexibility index (Phi) is 5.17. The van der Waals surface area contributed by atoms with E-state index in [0.717, 1.165) is 24.2 Å². The van der Waals surface area contributed by atoms with Crippen molar-refractivity contribution in [1.29, 1.82) is 0 Å². The zero-order valence-electron chi connectivity index (χ0n) is 14.3. The first-order valence-corrected chi connectivity index (χ1v) is 8.22. The van der Waals surface area contributed by atoms with Crippen molar-refractivity contribution in [3.05, 3.63) is 47.9 Å². The van der Waals surface area contributed by atoms with E-state index in [-0.39, 0.29) is 5.91 Å². The maximum atomic E-state index is 12.3. The van der Waals surface area contributed by atoms with Gasteiger partial charge >= 0.3 is 0 Å². The van der Waals surface area contributed by atoms with Crippen LogP contribution in [-0.2, 0) is 13.0 Å². The fourth-order valence-corrected chi connectivity index (χ4v) is 2.43. The van der Waals surface area contributed by atoms with Crippen LogP contribution in [0.4, 0.5) is 0 Å². The number of nitrogens with zero attached hydrogens (tertiary/aromatic N) is 5. The summed E-state index contributed by atoms with van der Waals surface area (Å²) >= 11 is 0. The second-order valence-corrected chi connectivity index (χ2v) is 5.65. The van der Waals surface area contributed by atoms with Crippen LogP contribution in [0, 0.1) is 6.92 Å². The largest absolute Gasteiger partial charge is 0.351 e. The highest BCUT2D eigenvalue weighted by molar-refractivity contribution is 5.94. The molecule has 1 N–H and O–H groups in total. The molecule has 130 valence electrons. The summed E-state index contributed by atoms with van der Waals surface area (Å²) in [5.74, 6) is 0.815. The van der Waals surface area contributed by atoms with Crippen LogP contribution in [0.2, 0.25) is 0 Å². The molecular weight excluding hydrogens is 320 g/mol. The Hall–Kier alpha value is -3.03. The van der Waals surface area contributed by atoms with E-state index >= 15 is 0 Å². The molecule has 3 aromatic rings. The molecule has 8 heteroatoms. The van der Waals surface area contributed by atoms with Gasteiger partial charge in [-0.25, -0.2) is 0 Å². The monoisotopic (exact) mass is 340 g/mol. The molecule has 0 saturated heterocycles. The second-order valence-electron chi connectivity index (χ2n) is 5.65. The average Bonchev–Trinajstić information content (AvgIpc) is 3.23. The predicted molar refractivity (Wildman–Crippen MR) is 90.8 cm³/mol. The lowest BCUT2D eigenvalue weighted by molar-refractivity contribution is 0.0952. The molecule has 8 nitrogen and oxygen atoms in total. The molecule has 1 amide bonds. The topological polar surface area (TPSA) is 98.7 Å². The molecule has 0 aliphatic heterocycles. The summed E-state index contributed by atoms with van der Waals surface area (Å²) in [4.78, 5) is 20.6. The van der Waals surface area contributed by atoms with Crippen molar-refractivity contribution in [3.8, 4) is 11.4 Å². The minimum absolute atomic E-state index is 0.146. The number of hydrogen-bond acceptors (Lipinski definition) is 6. The summed E-state index contributed by atoms with van der Waals surface area (Å²) in [6.45, 7) is 5.11. The van der Waals surface area contributed by atoms with Crippen molar-refractivity contribution < 1.29 is 9.32 Å². The fraction of sp³-hybridized carbons (Fsp3) is 0.353. The molecule has 0 aliphatic rings. The van der Waals surface area contributed by atoms with Crippen LogP contribution in [-0.4, -0.2) is 37.4 Å². The van der Waals surface area contributed by atoms with Gasteiger partial charge in [-0.05, 0) is 25.5 Å². The maximum absolute atomic E-state index is 12.3. The first kappa shape index (κ1) is 16.8. The van der Waals surface area contributed by atoms with Gasteiger partial charge in [0.2, 0.25) is 11.7 Å². The van der Waals surface area contributed by atoms with Crippen LogP contribution in [0.3, 0.4) is 0 Å². The standard InChI is InChI=1S/C17H20N6O2/c1-3-9-23-11-14(12(2)21-23)17(24)19-8-6-15-20-16(22-25-15)13-5-4-7-18-10-13/h4-5,7,10-11H,3,6,8-9H2,1-2H3,(H,19,24). The molecular formula is C17H20N6O2. The minimum Gasteiger partial charge on any atom is -0.351 e. The maximum Gasteiger partial charge on any atom is 0.254 e. The first-order valence-electron chi connectivity index (χ1n) is 8.22. The van der Waals surface area contributed by atoms with Crippen LogP contribution in [0.25, 0.3) is 11.4 Å². The van der Waals surface area contributed by atoms with Crippen molar-refractivity contribution in [2.24, 2.45) is 0 Å². The third-order valence-corrected chi connectivity index (χ3v) is 3.66. The Balaban J connectivity index is 1.54. The fourth-order valence-electron chi connectivity index (χ4n) is 2.43. The number of carbonyl (C=O) groups excluding carboxylic acids is 1. The van der Waals surface area contributed by atoms with Gasteiger partial charge in [-0.2, -0.15) is 10.1 Å². The van der Waals surface area contributed by atoms with Crippen molar-refractivity contribution in [2.75, 3.05) is 6.54 Å². The van der Waals surface area contributed by atoms with Gasteiger partial charge in [-0.1, -0.05) is 12.1 Å². The van der Waals surface area contributed by atoms with Gasteiger partial charge in [0.1, 0.15) is 0 Å². The van der Waals surface area contributed by atoms with E-state index in [1.165, 1.54) is 0 Å². The summed E-state index contributed by atoms with van der Waals surface area (Å²) in [5, 5.41) is 11.1. The number of nitrogens with one attached hydrogen (secondary N) is 1. The highest BCUT2D eigenvalue weighted by Crippen LogP contribution is 2.13. The zero-order chi connectivity index (χ0) is 17.6. The molecule has 0 unspecified atom stereocenters. The van der Waals surface area contributed by atoms with E-state index in [9.17, 15) is 4.79 Å². The Morgan fingerprint density at radius 3 is 3.04 bits per heavy atom. The first-order chi connectivity index (χ1) is 12.2. The third kappa shape index (κ3) is 4.09. The van der Waals surface area contributed by atoms with Crippen LogP contribution < -0.4 is 5.32 Å². The molecule has 0 saturated carbocycles. The number of aromatic nitrogens is 5. The van der Waals surface area contributed by atoms with Gasteiger partial charge in [-0.3, -0.25) is 14.5 Å². The average molecular weight is 340 g/mol. The van der Waals surface area contributed by atoms with E-state index in [1.54, 1.807) is 23.3 Å². The minimum atomic E-state index is -0.146. The molecule has 0 aromatic carbocycles. The molecule has 3 rings (SSSR count). The van der Waals surface area contributed by atoms with E-state index < -0.39 is 0 Å². The molecule has 0 spiro atoms. The van der Waals surface area contributed by atoms with E-state index in [2.05, 4.69) is 32.5 Å². The van der Waals surface area contributed by atoms with Gasteiger partial charge in [0.25, 0.3) is 5.91 Å². The summed E-state index contributed by atoms with van der Waals surface area (Å²) in [5.41, 5.74) is 2.11. The third-order valence-electron chi connectivity index (χ3n) is 3.66. The van der Waals surface area contributed by atoms with Gasteiger partial charge in [0, 0.05) is 43.7 Å². The van der Waals surface area contributed by atoms with Crippen molar-refractivity contribution in [3.63, 3.8) is 0 Å². The van der Waals surface area contributed by atoms with Crippen LogP contribution in [0.5, 0.6) is 0 Å². The normalized spacial score (nSPS) is 10.8. The molecule has 0 atom stereocenters. The second kappa shape index (κ2) is 7.69. The zero-order valence-corrected chi connectivity index (χ0v) is 14.3. The van der Waals surface area contributed by atoms with E-state index in [1.807, 2.05) is 19.1 Å². The Morgan fingerprint density at radius 2 is 2.28 bits per heavy atom. The van der Waals surface area contributed by atoms with Crippen molar-refractivity contribution in [2.45, 2.75) is 33.2 Å². The Morgan fingerprint density at radius 1 is 1.40 bits per heavy atom. The predicted octanol–water partition coefficient (Wildman–Crippen LogP) is 2.02. The lowest BCUT2D eigenvalue weighted by Gasteiger charge is -2.01. The smallest absolute Gasteiger partial charge is 0.254 e. The Bertz CT molecular complexity index is 840. The van der Waals surface area contributed by atoms with Gasteiger partial charge in [-0.15, -0.1) is 0 Å². The molecule has 0 fully saturated rings. The Labute approximate surface area is 145 Å². The summed E-state index contributed by atoms with van der Waals surface area (Å²) in [6, 6.07) is 3.67. The lowest BCUT2D eigenvalue weighted by Crippen LogP contribution is -2.26. The number of hydrogen-bond donors (Lipinski definition) is 1. The molecule has 0 aliphatic carbocycles. The highest BCUT2D eigenvalue weighted by atomic mass is 16.5. The molecule has 3 heterocycles. The van der Waals surface area contributed by atoms with Gasteiger partial charge in [0.15, 0.2) is 0 Å². The molecule has 3 aromatic heterocycles. The van der Waals surface area contributed by atoms with Gasteiger partial charge < -0.3 is 9.84 Å². The number of amides is 1. The number of carbonyl (C=O) groups is 1. The molecule has 0 radical (unpaired) electrons. The summed E-state index contributed by atoms with van der Waals surface area (Å²) in [7, 11) is 0. The summed E-state index contributed by atoms with van der Waals surface area (Å²) in [6.07, 6.45) is 6.57.